The van der Waals surface area contributed by atoms with Crippen molar-refractivity contribution in [2.45, 2.75) is 40.5 Å². The summed E-state index contributed by atoms with van der Waals surface area (Å²) >= 11 is 0. The normalized spacial score (nSPS) is 23.3. The average molecular weight is 458 g/mol. The summed E-state index contributed by atoms with van der Waals surface area (Å²) in [5.41, 5.74) is 1.51. The summed E-state index contributed by atoms with van der Waals surface area (Å²) in [6.45, 7) is 10.9. The van der Waals surface area contributed by atoms with Gasteiger partial charge in [0.1, 0.15) is 5.82 Å². The van der Waals surface area contributed by atoms with Crippen LogP contribution >= 0.6 is 0 Å². The van der Waals surface area contributed by atoms with Gasteiger partial charge >= 0.3 is 0 Å². The lowest BCUT2D eigenvalue weighted by Gasteiger charge is -2.39. The molecule has 180 valence electrons. The molecule has 1 aromatic carbocycles. The molecule has 1 saturated heterocycles. The van der Waals surface area contributed by atoms with Gasteiger partial charge in [-0.3, -0.25) is 14.4 Å². The third-order valence-corrected chi connectivity index (χ3v) is 7.17. The zero-order valence-electron chi connectivity index (χ0n) is 20.1. The molecule has 0 radical (unpaired) electrons. The highest BCUT2D eigenvalue weighted by atomic mass is 19.1. The van der Waals surface area contributed by atoms with Crippen LogP contribution in [-0.4, -0.2) is 60.2 Å². The van der Waals surface area contributed by atoms with Crippen LogP contribution in [0.4, 0.5) is 4.39 Å². The zero-order chi connectivity index (χ0) is 24.1. The van der Waals surface area contributed by atoms with Crippen molar-refractivity contribution in [3.8, 4) is 0 Å². The highest BCUT2D eigenvalue weighted by molar-refractivity contribution is 5.94. The van der Waals surface area contributed by atoms with Crippen molar-refractivity contribution in [3.63, 3.8) is 0 Å². The minimum absolute atomic E-state index is 0.0588. The average Bonchev–Trinajstić information content (AvgIpc) is 2.78. The number of carbonyl (C=O) groups is 3. The van der Waals surface area contributed by atoms with Crippen LogP contribution < -0.4 is 5.32 Å². The molecule has 1 aliphatic heterocycles. The fourth-order valence-electron chi connectivity index (χ4n) is 5.06. The molecular weight excluding hydrogens is 421 g/mol. The van der Waals surface area contributed by atoms with Gasteiger partial charge in [-0.25, -0.2) is 4.39 Å². The van der Waals surface area contributed by atoms with Crippen molar-refractivity contribution < 1.29 is 18.8 Å². The highest BCUT2D eigenvalue weighted by Gasteiger charge is 2.34. The summed E-state index contributed by atoms with van der Waals surface area (Å²) in [6, 6.07) is 5.71. The molecule has 1 aliphatic carbocycles. The Hall–Kier alpha value is -2.70. The van der Waals surface area contributed by atoms with Gasteiger partial charge in [0.2, 0.25) is 11.8 Å². The van der Waals surface area contributed by atoms with Gasteiger partial charge in [-0.2, -0.15) is 0 Å². The topological polar surface area (TPSA) is 69.7 Å². The molecule has 0 bridgehead atoms. The minimum Gasteiger partial charge on any atom is -0.351 e. The molecule has 1 N–H and O–H groups in total. The molecule has 7 heteroatoms. The predicted molar refractivity (Wildman–Crippen MR) is 126 cm³/mol. The number of allylic oxidation sites excluding steroid dienone is 1. The van der Waals surface area contributed by atoms with Crippen LogP contribution in [0, 0.1) is 29.5 Å². The minimum atomic E-state index is -0.425. The Kier molecular flexibility index (Phi) is 8.27. The Morgan fingerprint density at radius 1 is 1.12 bits per heavy atom. The van der Waals surface area contributed by atoms with Crippen LogP contribution in [0.15, 0.2) is 35.9 Å². The molecule has 6 nitrogen and oxygen atoms in total. The highest BCUT2D eigenvalue weighted by Crippen LogP contribution is 2.39. The van der Waals surface area contributed by atoms with E-state index in [4.69, 9.17) is 0 Å². The van der Waals surface area contributed by atoms with Gasteiger partial charge < -0.3 is 15.1 Å². The van der Waals surface area contributed by atoms with E-state index in [2.05, 4.69) is 32.2 Å². The van der Waals surface area contributed by atoms with Crippen molar-refractivity contribution in [2.24, 2.45) is 23.7 Å². The van der Waals surface area contributed by atoms with E-state index in [1.54, 1.807) is 17.9 Å². The summed E-state index contributed by atoms with van der Waals surface area (Å²) in [5, 5.41) is 2.96. The number of hydrogen-bond acceptors (Lipinski definition) is 3. The van der Waals surface area contributed by atoms with Crippen molar-refractivity contribution in [1.29, 1.82) is 0 Å². The number of nitrogens with zero attached hydrogens (tertiary/aromatic N) is 2. The molecule has 0 aromatic heterocycles. The van der Waals surface area contributed by atoms with Crippen LogP contribution in [0.3, 0.4) is 0 Å². The first-order valence-electron chi connectivity index (χ1n) is 11.9. The van der Waals surface area contributed by atoms with Crippen LogP contribution in [-0.2, 0) is 9.59 Å². The van der Waals surface area contributed by atoms with E-state index in [9.17, 15) is 18.8 Å². The summed E-state index contributed by atoms with van der Waals surface area (Å²) < 4.78 is 13.4. The Morgan fingerprint density at radius 2 is 1.79 bits per heavy atom. The molecule has 1 fully saturated rings. The number of amides is 3. The molecule has 1 heterocycles. The van der Waals surface area contributed by atoms with E-state index < -0.39 is 5.82 Å². The number of benzene rings is 1. The van der Waals surface area contributed by atoms with Gasteiger partial charge in [0.25, 0.3) is 5.91 Å². The number of hydrogen-bond donors (Lipinski definition) is 1. The first-order valence-corrected chi connectivity index (χ1v) is 11.9. The second kappa shape index (κ2) is 10.9. The SMILES string of the molecule is CC(=O)N1CCN(C(=O)C[C@@H]2C[C@@H](C(C)C)[C@H](CNC(=O)c3cccc(F)c3)C=C2C)CC1. The first-order chi connectivity index (χ1) is 15.7. The molecule has 3 atom stereocenters. The van der Waals surface area contributed by atoms with Crippen molar-refractivity contribution >= 4 is 17.7 Å². The van der Waals surface area contributed by atoms with Gasteiger partial charge in [0.15, 0.2) is 0 Å². The third kappa shape index (κ3) is 6.42. The van der Waals surface area contributed by atoms with E-state index in [1.165, 1.54) is 23.8 Å². The van der Waals surface area contributed by atoms with E-state index in [0.717, 1.165) is 6.42 Å². The van der Waals surface area contributed by atoms with E-state index >= 15 is 0 Å². The lowest BCUT2D eigenvalue weighted by Crippen LogP contribution is -2.50. The summed E-state index contributed by atoms with van der Waals surface area (Å²) in [5.74, 6) is 0.617. The maximum atomic E-state index is 13.4. The summed E-state index contributed by atoms with van der Waals surface area (Å²) in [4.78, 5) is 40.6. The zero-order valence-corrected chi connectivity index (χ0v) is 20.1. The van der Waals surface area contributed by atoms with Crippen molar-refractivity contribution in [3.05, 3.63) is 47.3 Å². The fourth-order valence-corrected chi connectivity index (χ4v) is 5.06. The van der Waals surface area contributed by atoms with Crippen molar-refractivity contribution in [2.75, 3.05) is 32.7 Å². The molecule has 3 amide bonds. The molecule has 3 rings (SSSR count). The van der Waals surface area contributed by atoms with E-state index in [0.29, 0.717) is 56.5 Å². The number of nitrogens with one attached hydrogen (secondary N) is 1. The quantitative estimate of drug-likeness (QED) is 0.665. The molecular formula is C26H36FN3O3. The smallest absolute Gasteiger partial charge is 0.251 e. The number of carbonyl (C=O) groups excluding carboxylic acids is 3. The van der Waals surface area contributed by atoms with Crippen LogP contribution in [0.25, 0.3) is 0 Å². The summed E-state index contributed by atoms with van der Waals surface area (Å²) in [7, 11) is 0. The number of halogens is 1. The second-order valence-corrected chi connectivity index (χ2v) is 9.73. The Labute approximate surface area is 196 Å². The third-order valence-electron chi connectivity index (χ3n) is 7.17. The molecule has 0 saturated carbocycles. The Bertz CT molecular complexity index is 906. The van der Waals surface area contributed by atoms with Crippen LogP contribution in [0.2, 0.25) is 0 Å². The molecule has 1 aromatic rings. The van der Waals surface area contributed by atoms with Gasteiger partial charge in [0.05, 0.1) is 0 Å². The van der Waals surface area contributed by atoms with Gasteiger partial charge in [-0.15, -0.1) is 0 Å². The second-order valence-electron chi connectivity index (χ2n) is 9.73. The standard InChI is InChI=1S/C26H36FN3O3/c1-17(2)24-14-21(15-25(32)30-10-8-29(9-11-30)19(4)31)18(3)12-22(24)16-28-26(33)20-6-5-7-23(27)13-20/h5-7,12-13,17,21-22,24H,8-11,14-16H2,1-4H3,(H,28,33)/t21-,22-,24-/m0/s1. The number of piperazine rings is 1. The van der Waals surface area contributed by atoms with Crippen LogP contribution in [0.5, 0.6) is 0 Å². The van der Waals surface area contributed by atoms with Gasteiger partial charge in [0, 0.05) is 51.6 Å². The van der Waals surface area contributed by atoms with Crippen molar-refractivity contribution in [1.82, 2.24) is 15.1 Å². The van der Waals surface area contributed by atoms with Gasteiger partial charge in [-0.1, -0.05) is 31.6 Å². The maximum Gasteiger partial charge on any atom is 0.251 e. The Balaban J connectivity index is 1.60. The molecule has 2 aliphatic rings. The van der Waals surface area contributed by atoms with Gasteiger partial charge in [-0.05, 0) is 55.2 Å². The largest absolute Gasteiger partial charge is 0.351 e. The maximum absolute atomic E-state index is 13.4. The molecule has 0 spiro atoms. The molecule has 0 unspecified atom stereocenters. The number of rotatable bonds is 6. The summed E-state index contributed by atoms with van der Waals surface area (Å²) in [6.07, 6.45) is 3.60. The fraction of sp³-hybridized carbons (Fsp3) is 0.577. The Morgan fingerprint density at radius 3 is 2.39 bits per heavy atom. The predicted octanol–water partition coefficient (Wildman–Crippen LogP) is 3.49. The van der Waals surface area contributed by atoms with E-state index in [-0.39, 0.29) is 29.6 Å². The lowest BCUT2D eigenvalue weighted by atomic mass is 9.69. The first kappa shape index (κ1) is 24.9. The molecule has 33 heavy (non-hydrogen) atoms. The lowest BCUT2D eigenvalue weighted by molar-refractivity contribution is -0.139. The van der Waals surface area contributed by atoms with Crippen LogP contribution in [0.1, 0.15) is 50.9 Å². The van der Waals surface area contributed by atoms with E-state index in [1.807, 2.05) is 4.90 Å². The monoisotopic (exact) mass is 457 g/mol.